The summed E-state index contributed by atoms with van der Waals surface area (Å²) in [6.45, 7) is 4.02. The highest BCUT2D eigenvalue weighted by Crippen LogP contribution is 2.41. The zero-order valence-electron chi connectivity index (χ0n) is 20.7. The van der Waals surface area contributed by atoms with Gasteiger partial charge in [0.25, 0.3) is 11.7 Å². The first-order valence-electron chi connectivity index (χ1n) is 11.6. The predicted octanol–water partition coefficient (Wildman–Crippen LogP) is 5.11. The van der Waals surface area contributed by atoms with Crippen LogP contribution in [0.4, 0.5) is 0 Å². The second-order valence-electron chi connectivity index (χ2n) is 8.75. The maximum atomic E-state index is 13.3. The van der Waals surface area contributed by atoms with Crippen molar-refractivity contribution in [1.29, 1.82) is 0 Å². The van der Waals surface area contributed by atoms with E-state index in [-0.39, 0.29) is 24.0 Å². The van der Waals surface area contributed by atoms with Gasteiger partial charge >= 0.3 is 0 Å². The lowest BCUT2D eigenvalue weighted by atomic mass is 9.95. The first-order valence-corrected chi connectivity index (χ1v) is 11.6. The van der Waals surface area contributed by atoms with E-state index in [2.05, 4.69) is 0 Å². The van der Waals surface area contributed by atoms with Crippen molar-refractivity contribution in [1.82, 2.24) is 4.90 Å². The zero-order valence-corrected chi connectivity index (χ0v) is 20.7. The maximum Gasteiger partial charge on any atom is 0.295 e. The molecule has 1 fully saturated rings. The van der Waals surface area contributed by atoms with Crippen LogP contribution in [0.2, 0.25) is 0 Å². The van der Waals surface area contributed by atoms with Crippen molar-refractivity contribution in [3.63, 3.8) is 0 Å². The van der Waals surface area contributed by atoms with Gasteiger partial charge < -0.3 is 24.2 Å². The highest BCUT2D eigenvalue weighted by Gasteiger charge is 2.46. The van der Waals surface area contributed by atoms with E-state index in [0.29, 0.717) is 28.4 Å². The number of aliphatic hydroxyl groups excluding tert-OH is 1. The lowest BCUT2D eigenvalue weighted by Crippen LogP contribution is -2.29. The summed E-state index contributed by atoms with van der Waals surface area (Å²) in [5.41, 5.74) is 1.83. The molecule has 1 unspecified atom stereocenters. The van der Waals surface area contributed by atoms with Gasteiger partial charge in [-0.15, -0.1) is 0 Å². The number of ketones is 1. The van der Waals surface area contributed by atoms with Gasteiger partial charge in [-0.25, -0.2) is 0 Å². The summed E-state index contributed by atoms with van der Waals surface area (Å²) in [4.78, 5) is 28.1. The van der Waals surface area contributed by atoms with Crippen LogP contribution in [0.3, 0.4) is 0 Å². The van der Waals surface area contributed by atoms with E-state index in [1.807, 2.05) is 44.2 Å². The molecule has 36 heavy (non-hydrogen) atoms. The Morgan fingerprint density at radius 2 is 1.53 bits per heavy atom. The topological polar surface area (TPSA) is 85.3 Å². The van der Waals surface area contributed by atoms with Crippen LogP contribution in [0.5, 0.6) is 17.2 Å². The molecular weight excluding hydrogens is 458 g/mol. The number of Topliss-reactive ketones (excluding diaryl/α,β-unsaturated/α-hetero) is 1. The van der Waals surface area contributed by atoms with E-state index in [4.69, 9.17) is 14.2 Å². The fourth-order valence-corrected chi connectivity index (χ4v) is 4.31. The molecule has 1 aliphatic heterocycles. The Balaban J connectivity index is 1.83. The number of hydrogen-bond donors (Lipinski definition) is 1. The van der Waals surface area contributed by atoms with Crippen LogP contribution in [0.25, 0.3) is 5.76 Å². The van der Waals surface area contributed by atoms with Gasteiger partial charge in [0.1, 0.15) is 23.0 Å². The number of methoxy groups -OCH3 is 2. The molecule has 1 saturated heterocycles. The molecule has 1 aliphatic rings. The zero-order chi connectivity index (χ0) is 25.8. The molecule has 1 amide bonds. The summed E-state index contributed by atoms with van der Waals surface area (Å²) in [7, 11) is 3.07. The highest BCUT2D eigenvalue weighted by atomic mass is 16.5. The van der Waals surface area contributed by atoms with Crippen molar-refractivity contribution in [2.24, 2.45) is 0 Å². The molecule has 1 atom stereocenters. The highest BCUT2D eigenvalue weighted by molar-refractivity contribution is 6.46. The molecule has 7 nitrogen and oxygen atoms in total. The van der Waals surface area contributed by atoms with Crippen LogP contribution < -0.4 is 14.2 Å². The minimum atomic E-state index is -0.819. The number of carbonyl (C=O) groups excluding carboxylic acids is 2. The Bertz CT molecular complexity index is 1310. The number of hydrogen-bond acceptors (Lipinski definition) is 6. The average Bonchev–Trinajstić information content (AvgIpc) is 3.13. The van der Waals surface area contributed by atoms with Gasteiger partial charge in [0.05, 0.1) is 31.9 Å². The SMILES string of the molecule is COc1cccc(/C(O)=C2/C(=O)C(=O)N(Cc3cccc(OC(C)C)c3)C2c2cccc(OC)c2)c1. The average molecular weight is 488 g/mol. The summed E-state index contributed by atoms with van der Waals surface area (Å²) >= 11 is 0. The molecule has 3 aromatic rings. The third kappa shape index (κ3) is 5.05. The summed E-state index contributed by atoms with van der Waals surface area (Å²) in [5, 5.41) is 11.3. The number of amides is 1. The number of carbonyl (C=O) groups is 2. The van der Waals surface area contributed by atoms with E-state index >= 15 is 0 Å². The standard InChI is InChI=1S/C29H29NO6/c1-18(2)36-24-13-5-8-19(14-24)17-30-26(20-9-6-11-22(15-20)34-3)25(28(32)29(30)33)27(31)21-10-7-12-23(16-21)35-4/h5-16,18,26,31H,17H2,1-4H3/b27-25-. The largest absolute Gasteiger partial charge is 0.507 e. The number of nitrogens with zero attached hydrogens (tertiary/aromatic N) is 1. The maximum absolute atomic E-state index is 13.3. The summed E-state index contributed by atoms with van der Waals surface area (Å²) < 4.78 is 16.5. The Morgan fingerprint density at radius 1 is 0.889 bits per heavy atom. The molecule has 0 aromatic heterocycles. The second kappa shape index (κ2) is 10.6. The van der Waals surface area contributed by atoms with E-state index in [1.165, 1.54) is 12.0 Å². The van der Waals surface area contributed by atoms with Crippen molar-refractivity contribution in [3.8, 4) is 17.2 Å². The Labute approximate surface area is 210 Å². The second-order valence-corrected chi connectivity index (χ2v) is 8.75. The van der Waals surface area contributed by atoms with Crippen LogP contribution in [0.15, 0.2) is 78.4 Å². The molecule has 186 valence electrons. The Morgan fingerprint density at radius 3 is 2.22 bits per heavy atom. The smallest absolute Gasteiger partial charge is 0.295 e. The molecule has 3 aromatic carbocycles. The fraction of sp³-hybridized carbons (Fsp3) is 0.241. The van der Waals surface area contributed by atoms with Gasteiger partial charge in [0.15, 0.2) is 0 Å². The molecule has 1 heterocycles. The summed E-state index contributed by atoms with van der Waals surface area (Å²) in [6.07, 6.45) is -0.00544. The minimum Gasteiger partial charge on any atom is -0.507 e. The lowest BCUT2D eigenvalue weighted by Gasteiger charge is -2.26. The monoisotopic (exact) mass is 487 g/mol. The molecule has 0 radical (unpaired) electrons. The van der Waals surface area contributed by atoms with Crippen molar-refractivity contribution in [2.45, 2.75) is 32.5 Å². The van der Waals surface area contributed by atoms with E-state index in [0.717, 1.165) is 5.56 Å². The molecular formula is C29H29NO6. The van der Waals surface area contributed by atoms with Crippen LogP contribution in [0.1, 0.15) is 36.6 Å². The minimum absolute atomic E-state index is 0.00544. The van der Waals surface area contributed by atoms with E-state index in [9.17, 15) is 14.7 Å². The third-order valence-corrected chi connectivity index (χ3v) is 5.92. The van der Waals surface area contributed by atoms with Crippen molar-refractivity contribution < 1.29 is 28.9 Å². The fourth-order valence-electron chi connectivity index (χ4n) is 4.31. The number of rotatable bonds is 8. The van der Waals surface area contributed by atoms with Crippen molar-refractivity contribution >= 4 is 17.4 Å². The van der Waals surface area contributed by atoms with Crippen molar-refractivity contribution in [2.75, 3.05) is 14.2 Å². The number of ether oxygens (including phenoxy) is 3. The molecule has 0 spiro atoms. The Hall–Kier alpha value is -4.26. The number of aliphatic hydroxyl groups is 1. The van der Waals surface area contributed by atoms with Gasteiger partial charge in [-0.3, -0.25) is 9.59 Å². The molecule has 7 heteroatoms. The van der Waals surface area contributed by atoms with Gasteiger partial charge in [0.2, 0.25) is 0 Å². The van der Waals surface area contributed by atoms with Crippen LogP contribution in [0, 0.1) is 0 Å². The summed E-state index contributed by atoms with van der Waals surface area (Å²) in [6, 6.07) is 20.5. The Kier molecular flexibility index (Phi) is 7.29. The molecule has 0 saturated carbocycles. The van der Waals surface area contributed by atoms with Crippen LogP contribution in [-0.2, 0) is 16.1 Å². The third-order valence-electron chi connectivity index (χ3n) is 5.92. The quantitative estimate of drug-likeness (QED) is 0.270. The van der Waals surface area contributed by atoms with Gasteiger partial charge in [-0.2, -0.15) is 0 Å². The van der Waals surface area contributed by atoms with E-state index in [1.54, 1.807) is 49.6 Å². The van der Waals surface area contributed by atoms with E-state index < -0.39 is 17.7 Å². The molecule has 4 rings (SSSR count). The first kappa shape index (κ1) is 24.9. The predicted molar refractivity (Wildman–Crippen MR) is 136 cm³/mol. The lowest BCUT2D eigenvalue weighted by molar-refractivity contribution is -0.140. The first-order chi connectivity index (χ1) is 17.3. The summed E-state index contributed by atoms with van der Waals surface area (Å²) in [5.74, 6) is 0.0630. The number of benzene rings is 3. The van der Waals surface area contributed by atoms with Gasteiger partial charge in [-0.05, 0) is 61.4 Å². The van der Waals surface area contributed by atoms with Crippen molar-refractivity contribution in [3.05, 3.63) is 95.1 Å². The van der Waals surface area contributed by atoms with Gasteiger partial charge in [-0.1, -0.05) is 36.4 Å². The van der Waals surface area contributed by atoms with Crippen LogP contribution >= 0.6 is 0 Å². The van der Waals surface area contributed by atoms with Gasteiger partial charge in [0, 0.05) is 12.1 Å². The van der Waals surface area contributed by atoms with Crippen LogP contribution in [-0.4, -0.2) is 42.0 Å². The molecule has 0 bridgehead atoms. The molecule has 0 aliphatic carbocycles. The normalized spacial score (nSPS) is 16.9. The molecule has 1 N–H and O–H groups in total. The number of likely N-dealkylation sites (tertiary alicyclic amines) is 1.